The Morgan fingerprint density at radius 3 is 2.67 bits per heavy atom. The smallest absolute Gasteiger partial charge is 0.159 e. The average molecular weight is 256 g/mol. The third kappa shape index (κ3) is 1.94. The van der Waals surface area contributed by atoms with Crippen molar-refractivity contribution in [3.63, 3.8) is 0 Å². The molecule has 3 aromatic rings. The Morgan fingerprint density at radius 2 is 1.94 bits per heavy atom. The third-order valence-electron chi connectivity index (χ3n) is 2.74. The van der Waals surface area contributed by atoms with Crippen molar-refractivity contribution in [2.75, 3.05) is 0 Å². The maximum absolute atomic E-state index is 6.23. The van der Waals surface area contributed by atoms with Crippen LogP contribution < -0.4 is 5.73 Å². The predicted octanol–water partition coefficient (Wildman–Crippen LogP) is 2.38. The van der Waals surface area contributed by atoms with E-state index in [2.05, 4.69) is 10.2 Å². The van der Waals surface area contributed by atoms with E-state index in [0.717, 1.165) is 16.4 Å². The molecule has 0 aliphatic carbocycles. The topological polar surface area (TPSA) is 56.7 Å². The summed E-state index contributed by atoms with van der Waals surface area (Å²) in [5, 5.41) is 10.1. The van der Waals surface area contributed by atoms with Crippen molar-refractivity contribution in [3.05, 3.63) is 64.9 Å². The molecule has 3 rings (SSSR count). The van der Waals surface area contributed by atoms with Crippen molar-refractivity contribution in [3.8, 4) is 5.69 Å². The molecule has 2 N–H and O–H groups in total. The summed E-state index contributed by atoms with van der Waals surface area (Å²) in [4.78, 5) is 1.08. The van der Waals surface area contributed by atoms with E-state index < -0.39 is 0 Å². The van der Waals surface area contributed by atoms with Gasteiger partial charge in [0, 0.05) is 10.6 Å². The first-order chi connectivity index (χ1) is 8.86. The highest BCUT2D eigenvalue weighted by Crippen LogP contribution is 2.23. The van der Waals surface area contributed by atoms with Crippen LogP contribution in [0.5, 0.6) is 0 Å². The minimum atomic E-state index is -0.243. The van der Waals surface area contributed by atoms with E-state index in [4.69, 9.17) is 5.73 Å². The van der Waals surface area contributed by atoms with Crippen LogP contribution in [0.1, 0.15) is 16.7 Å². The molecule has 2 aromatic heterocycles. The van der Waals surface area contributed by atoms with Gasteiger partial charge in [-0.25, -0.2) is 0 Å². The molecule has 90 valence electrons. The number of benzene rings is 1. The second kappa shape index (κ2) is 4.72. The maximum atomic E-state index is 6.23. The van der Waals surface area contributed by atoms with Crippen molar-refractivity contribution in [1.82, 2.24) is 14.8 Å². The van der Waals surface area contributed by atoms with Crippen LogP contribution >= 0.6 is 11.3 Å². The number of aromatic nitrogens is 3. The van der Waals surface area contributed by atoms with Gasteiger partial charge in [-0.2, -0.15) is 0 Å². The van der Waals surface area contributed by atoms with Crippen LogP contribution in [0.15, 0.2) is 54.2 Å². The highest BCUT2D eigenvalue weighted by molar-refractivity contribution is 7.10. The number of thiophene rings is 1. The standard InChI is InChI=1S/C13H12N4S/c14-12(11-7-4-8-18-11)13-16-15-9-17(13)10-5-2-1-3-6-10/h1-9,12H,14H2. The maximum Gasteiger partial charge on any atom is 0.159 e. The molecule has 0 aliphatic heterocycles. The number of rotatable bonds is 3. The molecule has 0 saturated carbocycles. The summed E-state index contributed by atoms with van der Waals surface area (Å²) in [6, 6.07) is 13.7. The van der Waals surface area contributed by atoms with Crippen molar-refractivity contribution in [1.29, 1.82) is 0 Å². The van der Waals surface area contributed by atoms with E-state index in [-0.39, 0.29) is 6.04 Å². The molecule has 5 heteroatoms. The van der Waals surface area contributed by atoms with Gasteiger partial charge in [0.2, 0.25) is 0 Å². The first kappa shape index (κ1) is 11.1. The second-order valence-electron chi connectivity index (χ2n) is 3.89. The van der Waals surface area contributed by atoms with Crippen molar-refractivity contribution >= 4 is 11.3 Å². The molecule has 0 bridgehead atoms. The fourth-order valence-electron chi connectivity index (χ4n) is 1.84. The Hall–Kier alpha value is -1.98. The SMILES string of the molecule is NC(c1cccs1)c1nncn1-c1ccccc1. The fourth-order valence-corrected chi connectivity index (χ4v) is 2.56. The molecule has 0 aliphatic rings. The zero-order valence-corrected chi connectivity index (χ0v) is 10.4. The molecular weight excluding hydrogens is 244 g/mol. The minimum Gasteiger partial charge on any atom is -0.317 e. The van der Waals surface area contributed by atoms with Crippen LogP contribution in [0.2, 0.25) is 0 Å². The van der Waals surface area contributed by atoms with Crippen LogP contribution in [0.3, 0.4) is 0 Å². The van der Waals surface area contributed by atoms with Crippen molar-refractivity contribution in [2.24, 2.45) is 5.73 Å². The summed E-state index contributed by atoms with van der Waals surface area (Å²) in [5.74, 6) is 0.753. The summed E-state index contributed by atoms with van der Waals surface area (Å²) < 4.78 is 1.92. The number of hydrogen-bond donors (Lipinski definition) is 1. The summed E-state index contributed by atoms with van der Waals surface area (Å²) in [5.41, 5.74) is 7.25. The largest absolute Gasteiger partial charge is 0.317 e. The molecule has 1 atom stereocenters. The summed E-state index contributed by atoms with van der Waals surface area (Å²) in [6.45, 7) is 0. The lowest BCUT2D eigenvalue weighted by molar-refractivity contribution is 0.764. The monoisotopic (exact) mass is 256 g/mol. The van der Waals surface area contributed by atoms with E-state index in [9.17, 15) is 0 Å². The van der Waals surface area contributed by atoms with E-state index in [0.29, 0.717) is 0 Å². The second-order valence-corrected chi connectivity index (χ2v) is 4.87. The summed E-state index contributed by atoms with van der Waals surface area (Å²) in [6.07, 6.45) is 1.69. The highest BCUT2D eigenvalue weighted by atomic mass is 32.1. The molecule has 0 spiro atoms. The molecule has 2 heterocycles. The highest BCUT2D eigenvalue weighted by Gasteiger charge is 2.17. The molecule has 0 radical (unpaired) electrons. The van der Waals surface area contributed by atoms with E-state index in [1.807, 2.05) is 52.4 Å². The van der Waals surface area contributed by atoms with E-state index >= 15 is 0 Å². The molecule has 4 nitrogen and oxygen atoms in total. The van der Waals surface area contributed by atoms with Gasteiger partial charge in [0.15, 0.2) is 5.82 Å². The molecule has 1 unspecified atom stereocenters. The average Bonchev–Trinajstić information content (AvgIpc) is 3.10. The number of hydrogen-bond acceptors (Lipinski definition) is 4. The Morgan fingerprint density at radius 1 is 1.11 bits per heavy atom. The molecule has 1 aromatic carbocycles. The molecule has 0 fully saturated rings. The number of nitrogens with two attached hydrogens (primary N) is 1. The fraction of sp³-hybridized carbons (Fsp3) is 0.0769. The number of nitrogens with zero attached hydrogens (tertiary/aromatic N) is 3. The summed E-state index contributed by atoms with van der Waals surface area (Å²) in [7, 11) is 0. The normalized spacial score (nSPS) is 12.5. The predicted molar refractivity (Wildman–Crippen MR) is 71.7 cm³/mol. The molecular formula is C13H12N4S. The van der Waals surface area contributed by atoms with Gasteiger partial charge in [0.1, 0.15) is 12.4 Å². The third-order valence-corrected chi connectivity index (χ3v) is 3.69. The quantitative estimate of drug-likeness (QED) is 0.782. The van der Waals surface area contributed by atoms with Crippen LogP contribution in [0.4, 0.5) is 0 Å². The van der Waals surface area contributed by atoms with Crippen molar-refractivity contribution < 1.29 is 0 Å². The first-order valence-electron chi connectivity index (χ1n) is 5.60. The van der Waals surface area contributed by atoms with Crippen molar-refractivity contribution in [2.45, 2.75) is 6.04 Å². The Labute approximate surface area is 109 Å². The molecule has 0 amide bonds. The van der Waals surface area contributed by atoms with Gasteiger partial charge in [-0.05, 0) is 23.6 Å². The molecule has 0 saturated heterocycles. The van der Waals surface area contributed by atoms with Crippen LogP contribution in [-0.2, 0) is 0 Å². The lowest BCUT2D eigenvalue weighted by Gasteiger charge is -2.11. The lowest BCUT2D eigenvalue weighted by Crippen LogP contribution is -2.16. The first-order valence-corrected chi connectivity index (χ1v) is 6.48. The van der Waals surface area contributed by atoms with E-state index in [1.165, 1.54) is 0 Å². The van der Waals surface area contributed by atoms with Gasteiger partial charge in [0.25, 0.3) is 0 Å². The van der Waals surface area contributed by atoms with Gasteiger partial charge in [-0.1, -0.05) is 24.3 Å². The van der Waals surface area contributed by atoms with Gasteiger partial charge in [-0.3, -0.25) is 4.57 Å². The van der Waals surface area contributed by atoms with Crippen LogP contribution in [0, 0.1) is 0 Å². The van der Waals surface area contributed by atoms with Gasteiger partial charge in [0.05, 0.1) is 0 Å². The Bertz CT molecular complexity index is 616. The van der Waals surface area contributed by atoms with Crippen LogP contribution in [-0.4, -0.2) is 14.8 Å². The van der Waals surface area contributed by atoms with Gasteiger partial charge < -0.3 is 5.73 Å². The summed E-state index contributed by atoms with van der Waals surface area (Å²) >= 11 is 1.63. The molecule has 18 heavy (non-hydrogen) atoms. The van der Waals surface area contributed by atoms with E-state index in [1.54, 1.807) is 17.7 Å². The minimum absolute atomic E-state index is 0.243. The Balaban J connectivity index is 2.02. The zero-order valence-electron chi connectivity index (χ0n) is 9.60. The number of para-hydroxylation sites is 1. The lowest BCUT2D eigenvalue weighted by atomic mass is 10.2. The van der Waals surface area contributed by atoms with Crippen LogP contribution in [0.25, 0.3) is 5.69 Å². The van der Waals surface area contributed by atoms with Gasteiger partial charge >= 0.3 is 0 Å². The Kier molecular flexibility index (Phi) is 2.92. The zero-order chi connectivity index (χ0) is 12.4. The van der Waals surface area contributed by atoms with Gasteiger partial charge in [-0.15, -0.1) is 21.5 Å².